The first-order valence-electron chi connectivity index (χ1n) is 8.65. The average Bonchev–Trinajstić information content (AvgIpc) is 2.74. The zero-order chi connectivity index (χ0) is 18.6. The van der Waals surface area contributed by atoms with Gasteiger partial charge in [-0.3, -0.25) is 4.79 Å². The van der Waals surface area contributed by atoms with Crippen LogP contribution in [0.15, 0.2) is 84.9 Å². The van der Waals surface area contributed by atoms with E-state index in [1.165, 1.54) is 0 Å². The van der Waals surface area contributed by atoms with Crippen molar-refractivity contribution in [2.45, 2.75) is 0 Å². The van der Waals surface area contributed by atoms with Gasteiger partial charge in [0.1, 0.15) is 5.75 Å². The number of pyridine rings is 1. The van der Waals surface area contributed by atoms with Crippen molar-refractivity contribution < 1.29 is 9.53 Å². The van der Waals surface area contributed by atoms with E-state index in [1.807, 2.05) is 66.7 Å². The topological polar surface area (TPSA) is 51.2 Å². The Morgan fingerprint density at radius 3 is 2.41 bits per heavy atom. The average molecular weight is 354 g/mol. The molecule has 0 aliphatic heterocycles. The predicted octanol–water partition coefficient (Wildman–Crippen LogP) is 5.16. The van der Waals surface area contributed by atoms with E-state index >= 15 is 0 Å². The van der Waals surface area contributed by atoms with Gasteiger partial charge in [0, 0.05) is 16.6 Å². The molecule has 0 atom stereocenters. The first-order chi connectivity index (χ1) is 13.2. The summed E-state index contributed by atoms with van der Waals surface area (Å²) < 4.78 is 5.25. The molecular weight excluding hydrogens is 336 g/mol. The van der Waals surface area contributed by atoms with Crippen molar-refractivity contribution in [1.29, 1.82) is 0 Å². The molecule has 1 N–H and O–H groups in total. The highest BCUT2D eigenvalue weighted by Crippen LogP contribution is 2.24. The number of nitrogens with one attached hydrogen (secondary N) is 1. The number of carbonyl (C=O) groups excluding carboxylic acids is 1. The molecule has 0 saturated carbocycles. The summed E-state index contributed by atoms with van der Waals surface area (Å²) in [6, 6.07) is 26.9. The molecule has 0 aliphatic carbocycles. The number of hydrogen-bond acceptors (Lipinski definition) is 3. The predicted molar refractivity (Wildman–Crippen MR) is 108 cm³/mol. The van der Waals surface area contributed by atoms with E-state index in [-0.39, 0.29) is 5.91 Å². The van der Waals surface area contributed by atoms with Crippen LogP contribution in [0.3, 0.4) is 0 Å². The SMILES string of the molecule is COc1ccccc1C(=O)Nc1ccc(-c2ccc3ccccc3n2)cc1. The first-order valence-corrected chi connectivity index (χ1v) is 8.65. The number of aromatic nitrogens is 1. The van der Waals surface area contributed by atoms with Crippen LogP contribution < -0.4 is 10.1 Å². The number of benzene rings is 3. The Kier molecular flexibility index (Phi) is 4.54. The summed E-state index contributed by atoms with van der Waals surface area (Å²) in [4.78, 5) is 17.2. The Bertz CT molecular complexity index is 1100. The molecule has 1 heterocycles. The molecule has 132 valence electrons. The molecule has 0 bridgehead atoms. The Balaban J connectivity index is 1.55. The van der Waals surface area contributed by atoms with E-state index in [9.17, 15) is 4.79 Å². The van der Waals surface area contributed by atoms with Gasteiger partial charge in [-0.2, -0.15) is 0 Å². The van der Waals surface area contributed by atoms with Crippen molar-refractivity contribution in [2.75, 3.05) is 12.4 Å². The normalized spacial score (nSPS) is 10.6. The molecule has 0 saturated heterocycles. The molecule has 0 aliphatic rings. The maximum Gasteiger partial charge on any atom is 0.259 e. The number of nitrogens with zero attached hydrogens (tertiary/aromatic N) is 1. The Morgan fingerprint density at radius 1 is 0.852 bits per heavy atom. The van der Waals surface area contributed by atoms with Crippen molar-refractivity contribution in [3.8, 4) is 17.0 Å². The van der Waals surface area contributed by atoms with Gasteiger partial charge < -0.3 is 10.1 Å². The van der Waals surface area contributed by atoms with Crippen LogP contribution in [0.25, 0.3) is 22.2 Å². The second kappa shape index (κ2) is 7.30. The van der Waals surface area contributed by atoms with Crippen LogP contribution in [0.4, 0.5) is 5.69 Å². The number of ether oxygens (including phenoxy) is 1. The monoisotopic (exact) mass is 354 g/mol. The van der Waals surface area contributed by atoms with E-state index in [2.05, 4.69) is 11.4 Å². The minimum atomic E-state index is -0.205. The first kappa shape index (κ1) is 16.8. The van der Waals surface area contributed by atoms with Crippen LogP contribution in [0.2, 0.25) is 0 Å². The zero-order valence-electron chi connectivity index (χ0n) is 14.8. The van der Waals surface area contributed by atoms with Crippen molar-refractivity contribution in [3.05, 3.63) is 90.5 Å². The highest BCUT2D eigenvalue weighted by molar-refractivity contribution is 6.06. The third-order valence-corrected chi connectivity index (χ3v) is 4.39. The van der Waals surface area contributed by atoms with Gasteiger partial charge in [0.2, 0.25) is 0 Å². The fourth-order valence-corrected chi connectivity index (χ4v) is 2.98. The maximum absolute atomic E-state index is 12.5. The van der Waals surface area contributed by atoms with E-state index < -0.39 is 0 Å². The van der Waals surface area contributed by atoms with Crippen LogP contribution in [0, 0.1) is 0 Å². The summed E-state index contributed by atoms with van der Waals surface area (Å²) in [6.07, 6.45) is 0. The van der Waals surface area contributed by atoms with Gasteiger partial charge >= 0.3 is 0 Å². The minimum absolute atomic E-state index is 0.205. The van der Waals surface area contributed by atoms with Gasteiger partial charge in [0.05, 0.1) is 23.9 Å². The lowest BCUT2D eigenvalue weighted by molar-refractivity contribution is 0.102. The fraction of sp³-hybridized carbons (Fsp3) is 0.0435. The van der Waals surface area contributed by atoms with Crippen LogP contribution in [0.1, 0.15) is 10.4 Å². The summed E-state index contributed by atoms with van der Waals surface area (Å²) in [5.74, 6) is 0.344. The quantitative estimate of drug-likeness (QED) is 0.550. The van der Waals surface area contributed by atoms with Crippen LogP contribution in [-0.2, 0) is 0 Å². The number of methoxy groups -OCH3 is 1. The third kappa shape index (κ3) is 3.51. The molecule has 0 radical (unpaired) electrons. The molecule has 3 aromatic carbocycles. The van der Waals surface area contributed by atoms with Crippen molar-refractivity contribution in [3.63, 3.8) is 0 Å². The molecule has 1 aromatic heterocycles. The number of hydrogen-bond donors (Lipinski definition) is 1. The van der Waals surface area contributed by atoms with E-state index in [0.717, 1.165) is 27.8 Å². The second-order valence-corrected chi connectivity index (χ2v) is 6.12. The second-order valence-electron chi connectivity index (χ2n) is 6.12. The molecule has 0 unspecified atom stereocenters. The molecule has 0 fully saturated rings. The lowest BCUT2D eigenvalue weighted by Crippen LogP contribution is -2.13. The van der Waals surface area contributed by atoms with Crippen LogP contribution in [-0.4, -0.2) is 18.0 Å². The number of anilines is 1. The minimum Gasteiger partial charge on any atom is -0.496 e. The highest BCUT2D eigenvalue weighted by atomic mass is 16.5. The highest BCUT2D eigenvalue weighted by Gasteiger charge is 2.11. The molecule has 27 heavy (non-hydrogen) atoms. The molecule has 0 spiro atoms. The van der Waals surface area contributed by atoms with E-state index in [4.69, 9.17) is 9.72 Å². The number of para-hydroxylation sites is 2. The van der Waals surface area contributed by atoms with Gasteiger partial charge in [-0.15, -0.1) is 0 Å². The smallest absolute Gasteiger partial charge is 0.259 e. The largest absolute Gasteiger partial charge is 0.496 e. The van der Waals surface area contributed by atoms with Crippen molar-refractivity contribution in [2.24, 2.45) is 0 Å². The van der Waals surface area contributed by atoms with Gasteiger partial charge in [-0.25, -0.2) is 4.98 Å². The number of rotatable bonds is 4. The molecule has 1 amide bonds. The molecular formula is C23H18N2O2. The van der Waals surface area contributed by atoms with Gasteiger partial charge in [-0.1, -0.05) is 48.5 Å². The summed E-state index contributed by atoms with van der Waals surface area (Å²) in [5, 5.41) is 4.01. The third-order valence-electron chi connectivity index (χ3n) is 4.39. The molecule has 4 nitrogen and oxygen atoms in total. The summed E-state index contributed by atoms with van der Waals surface area (Å²) in [6.45, 7) is 0. The van der Waals surface area contributed by atoms with Crippen molar-refractivity contribution >= 4 is 22.5 Å². The Hall–Kier alpha value is -3.66. The van der Waals surface area contributed by atoms with Crippen molar-refractivity contribution in [1.82, 2.24) is 4.98 Å². The van der Waals surface area contributed by atoms with Gasteiger partial charge in [0.15, 0.2) is 0 Å². The lowest BCUT2D eigenvalue weighted by Gasteiger charge is -2.10. The molecule has 4 rings (SSSR count). The van der Waals surface area contributed by atoms with E-state index in [1.54, 1.807) is 19.2 Å². The zero-order valence-corrected chi connectivity index (χ0v) is 14.8. The van der Waals surface area contributed by atoms with E-state index in [0.29, 0.717) is 11.3 Å². The lowest BCUT2D eigenvalue weighted by atomic mass is 10.1. The van der Waals surface area contributed by atoms with Crippen LogP contribution >= 0.6 is 0 Å². The number of fused-ring (bicyclic) bond motifs is 1. The van der Waals surface area contributed by atoms with Gasteiger partial charge in [0.25, 0.3) is 5.91 Å². The maximum atomic E-state index is 12.5. The summed E-state index contributed by atoms with van der Waals surface area (Å²) in [5.41, 5.74) is 4.08. The number of amides is 1. The summed E-state index contributed by atoms with van der Waals surface area (Å²) >= 11 is 0. The molecule has 4 aromatic rings. The number of carbonyl (C=O) groups is 1. The molecule has 4 heteroatoms. The standard InChI is InChI=1S/C23H18N2O2/c1-27-22-9-5-3-7-19(22)23(26)24-18-13-10-17(11-14-18)21-15-12-16-6-2-4-8-20(16)25-21/h2-15H,1H3,(H,24,26). The Labute approximate surface area is 157 Å². The Morgan fingerprint density at radius 2 is 1.59 bits per heavy atom. The fourth-order valence-electron chi connectivity index (χ4n) is 2.98. The summed E-state index contributed by atoms with van der Waals surface area (Å²) in [7, 11) is 1.55. The van der Waals surface area contributed by atoms with Crippen LogP contribution in [0.5, 0.6) is 5.75 Å². The van der Waals surface area contributed by atoms with Gasteiger partial charge in [-0.05, 0) is 36.4 Å².